The molecule has 0 fully saturated rings. The van der Waals surface area contributed by atoms with Crippen LogP contribution in [0, 0.1) is 6.92 Å². The Morgan fingerprint density at radius 1 is 1.28 bits per heavy atom. The highest BCUT2D eigenvalue weighted by atomic mass is 32.2. The van der Waals surface area contributed by atoms with Crippen LogP contribution in [0.1, 0.15) is 31.4 Å². The monoisotopic (exact) mass is 267 g/mol. The van der Waals surface area contributed by atoms with E-state index in [1.165, 1.54) is 22.6 Å². The summed E-state index contributed by atoms with van der Waals surface area (Å²) in [5.74, 6) is 3.45. The van der Waals surface area contributed by atoms with Crippen molar-refractivity contribution >= 4 is 11.8 Å². The maximum Gasteiger partial charge on any atom is 0.126 e. The van der Waals surface area contributed by atoms with Crippen molar-refractivity contribution in [2.24, 2.45) is 0 Å². The Balaban J connectivity index is 2.50. The van der Waals surface area contributed by atoms with Gasteiger partial charge in [-0.25, -0.2) is 0 Å². The lowest BCUT2D eigenvalue weighted by molar-refractivity contribution is 0.312. The lowest BCUT2D eigenvalue weighted by atomic mass is 10.1. The first-order valence-electron chi connectivity index (χ1n) is 6.79. The third-order valence-electron chi connectivity index (χ3n) is 2.74. The van der Waals surface area contributed by atoms with Crippen molar-refractivity contribution in [1.29, 1.82) is 0 Å². The Morgan fingerprint density at radius 2 is 2.11 bits per heavy atom. The molecule has 0 atom stereocenters. The average molecular weight is 267 g/mol. The summed E-state index contributed by atoms with van der Waals surface area (Å²) < 4.78 is 5.96. The number of benzene rings is 1. The van der Waals surface area contributed by atoms with Crippen molar-refractivity contribution in [2.45, 2.75) is 33.7 Å². The van der Waals surface area contributed by atoms with E-state index in [-0.39, 0.29) is 0 Å². The van der Waals surface area contributed by atoms with Crippen LogP contribution in [0.25, 0.3) is 0 Å². The lowest BCUT2D eigenvalue weighted by Gasteiger charge is -2.14. The molecule has 1 aromatic rings. The molecule has 0 radical (unpaired) electrons. The molecule has 0 heterocycles. The van der Waals surface area contributed by atoms with Crippen LogP contribution < -0.4 is 10.1 Å². The number of rotatable bonds is 9. The molecule has 0 saturated carbocycles. The van der Waals surface area contributed by atoms with Gasteiger partial charge in [0.05, 0.1) is 6.61 Å². The summed E-state index contributed by atoms with van der Waals surface area (Å²) in [6, 6.07) is 6.36. The molecule has 2 nitrogen and oxygen atoms in total. The fraction of sp³-hybridized carbons (Fsp3) is 0.600. The lowest BCUT2D eigenvalue weighted by Crippen LogP contribution is -2.13. The van der Waals surface area contributed by atoms with Crippen LogP contribution in [0.15, 0.2) is 18.2 Å². The van der Waals surface area contributed by atoms with Gasteiger partial charge < -0.3 is 10.1 Å². The van der Waals surface area contributed by atoms with E-state index < -0.39 is 0 Å². The molecule has 0 aliphatic rings. The van der Waals surface area contributed by atoms with Crippen LogP contribution >= 0.6 is 11.8 Å². The predicted octanol–water partition coefficient (Wildman–Crippen LogP) is 3.63. The summed E-state index contributed by atoms with van der Waals surface area (Å²) in [7, 11) is 0. The first kappa shape index (κ1) is 15.4. The van der Waals surface area contributed by atoms with Gasteiger partial charge in [0.15, 0.2) is 0 Å². The number of para-hydroxylation sites is 1. The van der Waals surface area contributed by atoms with Crippen molar-refractivity contribution in [3.05, 3.63) is 29.3 Å². The fourth-order valence-corrected chi connectivity index (χ4v) is 2.41. The summed E-state index contributed by atoms with van der Waals surface area (Å²) in [5.41, 5.74) is 2.49. The number of nitrogens with one attached hydrogen (secondary N) is 1. The van der Waals surface area contributed by atoms with Gasteiger partial charge in [0, 0.05) is 12.1 Å². The Bertz CT molecular complexity index is 341. The molecule has 3 heteroatoms. The zero-order valence-electron chi connectivity index (χ0n) is 11.8. The minimum atomic E-state index is 0.816. The molecular weight excluding hydrogens is 242 g/mol. The van der Waals surface area contributed by atoms with Crippen LogP contribution in [0.4, 0.5) is 0 Å². The SMILES string of the molecule is CCNCc1cccc(C)c1OCCCSCC. The van der Waals surface area contributed by atoms with Crippen molar-refractivity contribution in [1.82, 2.24) is 5.32 Å². The molecule has 0 amide bonds. The number of hydrogen-bond acceptors (Lipinski definition) is 3. The number of aryl methyl sites for hydroxylation is 1. The Labute approximate surface area is 116 Å². The van der Waals surface area contributed by atoms with E-state index in [2.05, 4.69) is 44.3 Å². The predicted molar refractivity (Wildman–Crippen MR) is 81.7 cm³/mol. The van der Waals surface area contributed by atoms with Crippen molar-refractivity contribution in [3.8, 4) is 5.75 Å². The standard InChI is InChI=1S/C15H25NOS/c1-4-16-12-14-9-6-8-13(3)15(14)17-10-7-11-18-5-2/h6,8-9,16H,4-5,7,10-12H2,1-3H3. The van der Waals surface area contributed by atoms with Crippen LogP contribution in [0.5, 0.6) is 5.75 Å². The fourth-order valence-electron chi connectivity index (χ4n) is 1.80. The van der Waals surface area contributed by atoms with Gasteiger partial charge in [0.1, 0.15) is 5.75 Å². The molecule has 0 aliphatic heterocycles. The topological polar surface area (TPSA) is 21.3 Å². The quantitative estimate of drug-likeness (QED) is 0.690. The summed E-state index contributed by atoms with van der Waals surface area (Å²) in [6.07, 6.45) is 1.12. The second-order valence-electron chi connectivity index (χ2n) is 4.24. The first-order chi connectivity index (χ1) is 8.79. The number of thioether (sulfide) groups is 1. The average Bonchev–Trinajstić information content (AvgIpc) is 2.38. The van der Waals surface area contributed by atoms with E-state index >= 15 is 0 Å². The number of ether oxygens (including phenoxy) is 1. The van der Waals surface area contributed by atoms with Gasteiger partial charge in [0.2, 0.25) is 0 Å². The van der Waals surface area contributed by atoms with Crippen molar-refractivity contribution < 1.29 is 4.74 Å². The van der Waals surface area contributed by atoms with Crippen molar-refractivity contribution in [3.63, 3.8) is 0 Å². The molecule has 0 saturated heterocycles. The van der Waals surface area contributed by atoms with Gasteiger partial charge >= 0.3 is 0 Å². The van der Waals surface area contributed by atoms with E-state index in [4.69, 9.17) is 4.74 Å². The molecule has 1 rings (SSSR count). The van der Waals surface area contributed by atoms with E-state index in [0.717, 1.165) is 31.9 Å². The van der Waals surface area contributed by atoms with Gasteiger partial charge in [-0.05, 0) is 37.0 Å². The Morgan fingerprint density at radius 3 is 2.83 bits per heavy atom. The second kappa shape index (κ2) is 9.29. The maximum absolute atomic E-state index is 5.96. The minimum Gasteiger partial charge on any atom is -0.493 e. The van der Waals surface area contributed by atoms with Gasteiger partial charge in [-0.3, -0.25) is 0 Å². The first-order valence-corrected chi connectivity index (χ1v) is 7.94. The van der Waals surface area contributed by atoms with Gasteiger partial charge in [0.25, 0.3) is 0 Å². The van der Waals surface area contributed by atoms with Crippen LogP contribution in [-0.4, -0.2) is 24.7 Å². The second-order valence-corrected chi connectivity index (χ2v) is 5.64. The third kappa shape index (κ3) is 5.32. The van der Waals surface area contributed by atoms with E-state index in [1.807, 2.05) is 11.8 Å². The van der Waals surface area contributed by atoms with E-state index in [0.29, 0.717) is 0 Å². The summed E-state index contributed by atoms with van der Waals surface area (Å²) in [6.45, 7) is 9.12. The van der Waals surface area contributed by atoms with E-state index in [1.54, 1.807) is 0 Å². The van der Waals surface area contributed by atoms with Crippen LogP contribution in [-0.2, 0) is 6.54 Å². The zero-order chi connectivity index (χ0) is 13.2. The molecule has 0 aromatic heterocycles. The zero-order valence-corrected chi connectivity index (χ0v) is 12.6. The van der Waals surface area contributed by atoms with Crippen LogP contribution in [0.2, 0.25) is 0 Å². The smallest absolute Gasteiger partial charge is 0.126 e. The highest BCUT2D eigenvalue weighted by Crippen LogP contribution is 2.23. The molecule has 18 heavy (non-hydrogen) atoms. The number of hydrogen-bond donors (Lipinski definition) is 1. The van der Waals surface area contributed by atoms with E-state index in [9.17, 15) is 0 Å². The van der Waals surface area contributed by atoms with Gasteiger partial charge in [-0.15, -0.1) is 0 Å². The molecule has 0 spiro atoms. The molecule has 0 bridgehead atoms. The normalized spacial score (nSPS) is 10.6. The van der Waals surface area contributed by atoms with Crippen LogP contribution in [0.3, 0.4) is 0 Å². The minimum absolute atomic E-state index is 0.816. The molecule has 0 unspecified atom stereocenters. The molecule has 1 N–H and O–H groups in total. The Kier molecular flexibility index (Phi) is 7.94. The molecule has 0 aliphatic carbocycles. The highest BCUT2D eigenvalue weighted by molar-refractivity contribution is 7.99. The summed E-state index contributed by atoms with van der Waals surface area (Å²) >= 11 is 1.97. The molecule has 1 aromatic carbocycles. The maximum atomic E-state index is 5.96. The highest BCUT2D eigenvalue weighted by Gasteiger charge is 2.06. The summed E-state index contributed by atoms with van der Waals surface area (Å²) in [5, 5.41) is 3.36. The van der Waals surface area contributed by atoms with Gasteiger partial charge in [-0.2, -0.15) is 11.8 Å². The third-order valence-corrected chi connectivity index (χ3v) is 3.73. The molecular formula is C15H25NOS. The van der Waals surface area contributed by atoms with Crippen molar-refractivity contribution in [2.75, 3.05) is 24.7 Å². The Hall–Kier alpha value is -0.670. The van der Waals surface area contributed by atoms with Gasteiger partial charge in [-0.1, -0.05) is 32.0 Å². The largest absolute Gasteiger partial charge is 0.493 e. The molecule has 102 valence electrons. The summed E-state index contributed by atoms with van der Waals surface area (Å²) in [4.78, 5) is 0.